The van der Waals surface area contributed by atoms with Gasteiger partial charge in [0.15, 0.2) is 5.76 Å². The monoisotopic (exact) mass is 221 g/mol. The fourth-order valence-electron chi connectivity index (χ4n) is 1.17. The van der Waals surface area contributed by atoms with E-state index in [2.05, 4.69) is 5.32 Å². The van der Waals surface area contributed by atoms with Gasteiger partial charge >= 0.3 is 6.09 Å². The van der Waals surface area contributed by atoms with Crippen molar-refractivity contribution in [1.82, 2.24) is 10.2 Å². The maximum absolute atomic E-state index is 11.0. The number of nitrogens with one attached hydrogen (secondary N) is 2. The lowest BCUT2D eigenvalue weighted by atomic mass is 10.0. The second-order valence-corrected chi connectivity index (χ2v) is 3.45. The van der Waals surface area contributed by atoms with Gasteiger partial charge in [-0.3, -0.25) is 5.41 Å². The molecule has 2 N–H and O–H groups in total. The Morgan fingerprint density at radius 3 is 2.81 bits per heavy atom. The Kier molecular flexibility index (Phi) is 3.88. The average Bonchev–Trinajstić information content (AvgIpc) is 2.23. The predicted octanol–water partition coefficient (Wildman–Crippen LogP) is 1.26. The average molecular weight is 221 g/mol. The fraction of sp³-hybridized carbons (Fsp3) is 0.273. The number of hydrogen-bond donors (Lipinski definition) is 2. The van der Waals surface area contributed by atoms with Gasteiger partial charge in [0.2, 0.25) is 0 Å². The molecule has 0 aliphatic heterocycles. The molecule has 1 aliphatic rings. The third kappa shape index (κ3) is 2.98. The maximum Gasteiger partial charge on any atom is 0.412 e. The van der Waals surface area contributed by atoms with Crippen molar-refractivity contribution >= 4 is 11.8 Å². The van der Waals surface area contributed by atoms with Crippen LogP contribution in [0.15, 0.2) is 35.8 Å². The minimum Gasteiger partial charge on any atom is -0.408 e. The van der Waals surface area contributed by atoms with Crippen LogP contribution < -0.4 is 5.32 Å². The van der Waals surface area contributed by atoms with Crippen molar-refractivity contribution in [2.75, 3.05) is 21.1 Å². The van der Waals surface area contributed by atoms with E-state index in [4.69, 9.17) is 10.1 Å². The van der Waals surface area contributed by atoms with Crippen molar-refractivity contribution < 1.29 is 9.53 Å². The van der Waals surface area contributed by atoms with E-state index in [1.54, 1.807) is 24.4 Å². The van der Waals surface area contributed by atoms with E-state index in [-0.39, 0.29) is 11.5 Å². The van der Waals surface area contributed by atoms with Crippen molar-refractivity contribution in [2.24, 2.45) is 0 Å². The molecule has 0 aromatic rings. The summed E-state index contributed by atoms with van der Waals surface area (Å²) >= 11 is 0. The molecular weight excluding hydrogens is 206 g/mol. The summed E-state index contributed by atoms with van der Waals surface area (Å²) < 4.78 is 4.94. The predicted molar refractivity (Wildman–Crippen MR) is 62.3 cm³/mol. The molecule has 1 aliphatic carbocycles. The minimum atomic E-state index is -0.574. The van der Waals surface area contributed by atoms with Gasteiger partial charge in [0.05, 0.1) is 0 Å². The highest BCUT2D eigenvalue weighted by molar-refractivity contribution is 6.12. The number of alkyl carbamates (subject to hydrolysis) is 1. The maximum atomic E-state index is 11.0. The van der Waals surface area contributed by atoms with E-state index >= 15 is 0 Å². The summed E-state index contributed by atoms with van der Waals surface area (Å²) in [6, 6.07) is 0. The second kappa shape index (κ2) is 5.16. The SMILES string of the molecule is CNC(=O)OC1=CC=CC(=CN(C)C)C1=N. The third-order valence-corrected chi connectivity index (χ3v) is 1.86. The first-order chi connectivity index (χ1) is 7.54. The lowest BCUT2D eigenvalue weighted by Gasteiger charge is -2.15. The summed E-state index contributed by atoms with van der Waals surface area (Å²) in [6.45, 7) is 0. The van der Waals surface area contributed by atoms with Gasteiger partial charge in [-0.05, 0) is 6.08 Å². The van der Waals surface area contributed by atoms with Gasteiger partial charge in [-0.25, -0.2) is 4.79 Å². The van der Waals surface area contributed by atoms with Crippen LogP contribution in [-0.4, -0.2) is 37.8 Å². The molecule has 0 heterocycles. The highest BCUT2D eigenvalue weighted by Gasteiger charge is 2.16. The van der Waals surface area contributed by atoms with Crippen LogP contribution in [0.5, 0.6) is 0 Å². The summed E-state index contributed by atoms with van der Waals surface area (Å²) in [7, 11) is 5.21. The van der Waals surface area contributed by atoms with Gasteiger partial charge in [0, 0.05) is 32.9 Å². The summed E-state index contributed by atoms with van der Waals surface area (Å²) in [6.07, 6.45) is 6.34. The zero-order chi connectivity index (χ0) is 12.1. The molecule has 0 saturated carbocycles. The zero-order valence-electron chi connectivity index (χ0n) is 9.57. The van der Waals surface area contributed by atoms with Crippen LogP contribution in [0, 0.1) is 5.41 Å². The normalized spacial score (nSPS) is 17.1. The summed E-state index contributed by atoms with van der Waals surface area (Å²) in [5.41, 5.74) is 0.895. The number of ether oxygens (including phenoxy) is 1. The molecule has 0 saturated heterocycles. The zero-order valence-corrected chi connectivity index (χ0v) is 9.57. The smallest absolute Gasteiger partial charge is 0.408 e. The van der Waals surface area contributed by atoms with Gasteiger partial charge < -0.3 is 15.0 Å². The van der Waals surface area contributed by atoms with E-state index in [0.717, 1.165) is 0 Å². The highest BCUT2D eigenvalue weighted by atomic mass is 16.6. The Morgan fingerprint density at radius 2 is 2.25 bits per heavy atom. The van der Waals surface area contributed by atoms with Gasteiger partial charge in [0.1, 0.15) is 5.71 Å². The molecule has 5 nitrogen and oxygen atoms in total. The Bertz CT molecular complexity index is 392. The Balaban J connectivity index is 2.83. The van der Waals surface area contributed by atoms with Gasteiger partial charge in [-0.15, -0.1) is 0 Å². The number of carbonyl (C=O) groups is 1. The molecule has 0 aromatic heterocycles. The molecule has 0 spiro atoms. The first-order valence-electron chi connectivity index (χ1n) is 4.80. The lowest BCUT2D eigenvalue weighted by Crippen LogP contribution is -2.23. The van der Waals surface area contributed by atoms with E-state index in [9.17, 15) is 4.79 Å². The van der Waals surface area contributed by atoms with Crippen molar-refractivity contribution in [2.45, 2.75) is 0 Å². The molecule has 1 rings (SSSR count). The summed E-state index contributed by atoms with van der Waals surface area (Å²) in [5, 5.41) is 10.2. The van der Waals surface area contributed by atoms with Crippen molar-refractivity contribution in [3.63, 3.8) is 0 Å². The summed E-state index contributed by atoms with van der Waals surface area (Å²) in [5.74, 6) is 0.245. The molecular formula is C11H15N3O2. The van der Waals surface area contributed by atoms with Crippen LogP contribution in [0.3, 0.4) is 0 Å². The number of hydrogen-bond acceptors (Lipinski definition) is 4. The van der Waals surface area contributed by atoms with Gasteiger partial charge in [-0.2, -0.15) is 0 Å². The van der Waals surface area contributed by atoms with Crippen molar-refractivity contribution in [1.29, 1.82) is 5.41 Å². The number of carbonyl (C=O) groups excluding carboxylic acids is 1. The van der Waals surface area contributed by atoms with Crippen LogP contribution in [0.2, 0.25) is 0 Å². The lowest BCUT2D eigenvalue weighted by molar-refractivity contribution is 0.183. The number of amides is 1. The molecule has 0 radical (unpaired) electrons. The second-order valence-electron chi connectivity index (χ2n) is 3.45. The van der Waals surface area contributed by atoms with Gasteiger partial charge in [-0.1, -0.05) is 12.2 Å². The summed E-state index contributed by atoms with van der Waals surface area (Å²) in [4.78, 5) is 12.9. The van der Waals surface area contributed by atoms with Gasteiger partial charge in [0.25, 0.3) is 0 Å². The number of nitrogens with zero attached hydrogens (tertiary/aromatic N) is 1. The quantitative estimate of drug-likeness (QED) is 0.737. The van der Waals surface area contributed by atoms with Crippen LogP contribution in [0.1, 0.15) is 0 Å². The molecule has 0 atom stereocenters. The Labute approximate surface area is 94.6 Å². The molecule has 0 fully saturated rings. The molecule has 5 heteroatoms. The molecule has 0 bridgehead atoms. The van der Waals surface area contributed by atoms with Crippen LogP contribution in [-0.2, 0) is 4.74 Å². The van der Waals surface area contributed by atoms with Crippen LogP contribution in [0.25, 0.3) is 0 Å². The van der Waals surface area contributed by atoms with Crippen molar-refractivity contribution in [3.8, 4) is 0 Å². The molecule has 0 aromatic carbocycles. The van der Waals surface area contributed by atoms with E-state index < -0.39 is 6.09 Å². The fourth-order valence-corrected chi connectivity index (χ4v) is 1.17. The van der Waals surface area contributed by atoms with E-state index in [0.29, 0.717) is 5.57 Å². The molecule has 1 amide bonds. The van der Waals surface area contributed by atoms with E-state index in [1.807, 2.05) is 19.0 Å². The topological polar surface area (TPSA) is 65.4 Å². The minimum absolute atomic E-state index is 0.194. The van der Waals surface area contributed by atoms with Crippen LogP contribution in [0.4, 0.5) is 4.79 Å². The van der Waals surface area contributed by atoms with Crippen LogP contribution >= 0.6 is 0 Å². The molecule has 86 valence electrons. The Hall–Kier alpha value is -2.04. The largest absolute Gasteiger partial charge is 0.412 e. The highest BCUT2D eigenvalue weighted by Crippen LogP contribution is 2.15. The first kappa shape index (κ1) is 12.0. The molecule has 0 unspecified atom stereocenters. The van der Waals surface area contributed by atoms with Crippen molar-refractivity contribution in [3.05, 3.63) is 35.8 Å². The number of allylic oxidation sites excluding steroid dienone is 4. The van der Waals surface area contributed by atoms with E-state index in [1.165, 1.54) is 7.05 Å². The standard InChI is InChI=1S/C11H15N3O2/c1-13-11(15)16-9-6-4-5-8(10(9)12)7-14(2)3/h4-7,12H,1-3H3,(H,13,15). The Morgan fingerprint density at radius 1 is 1.56 bits per heavy atom. The first-order valence-corrected chi connectivity index (χ1v) is 4.80. The number of rotatable bonds is 2. The third-order valence-electron chi connectivity index (χ3n) is 1.86. The molecule has 16 heavy (non-hydrogen) atoms.